The van der Waals surface area contributed by atoms with E-state index >= 15 is 0 Å². The van der Waals surface area contributed by atoms with Crippen molar-refractivity contribution in [2.45, 2.75) is 36.7 Å². The van der Waals surface area contributed by atoms with E-state index in [1.807, 2.05) is 0 Å². The van der Waals surface area contributed by atoms with Gasteiger partial charge in [-0.25, -0.2) is 8.42 Å². The van der Waals surface area contributed by atoms with Crippen molar-refractivity contribution in [3.8, 4) is 5.75 Å². The first-order chi connectivity index (χ1) is 15.0. The quantitative estimate of drug-likeness (QED) is 0.684. The second-order valence-corrected chi connectivity index (χ2v) is 9.17. The van der Waals surface area contributed by atoms with Gasteiger partial charge in [-0.05, 0) is 61.7 Å². The fraction of sp³-hybridized carbons (Fsp3) is 0.364. The van der Waals surface area contributed by atoms with Crippen LogP contribution in [0.25, 0.3) is 0 Å². The molecule has 1 saturated heterocycles. The molecule has 0 aliphatic carbocycles. The fourth-order valence-corrected chi connectivity index (χ4v) is 4.58. The second kappa shape index (κ2) is 9.49. The molecule has 0 saturated carbocycles. The Kier molecular flexibility index (Phi) is 6.53. The molecular formula is C22H25N3O5S. The molecule has 1 atom stereocenters. The Balaban J connectivity index is 1.37. The molecule has 2 aromatic rings. The molecule has 2 aliphatic heterocycles. The van der Waals surface area contributed by atoms with E-state index in [4.69, 9.17) is 9.47 Å². The molecule has 2 aliphatic rings. The number of nitrogens with one attached hydrogen (secondary N) is 2. The van der Waals surface area contributed by atoms with Crippen LogP contribution in [0.4, 0.5) is 5.69 Å². The van der Waals surface area contributed by atoms with Gasteiger partial charge in [0.05, 0.1) is 11.0 Å². The first kappa shape index (κ1) is 21.3. The minimum atomic E-state index is -3.74. The number of aliphatic imine (C=N–C) groups is 1. The summed E-state index contributed by atoms with van der Waals surface area (Å²) in [5, 5.41) is 2.74. The van der Waals surface area contributed by atoms with Gasteiger partial charge in [-0.2, -0.15) is 0 Å². The number of nitrogens with zero attached hydrogens (tertiary/aromatic N) is 1. The minimum Gasteiger partial charge on any atom is -0.491 e. The number of rotatable bonds is 7. The third-order valence-electron chi connectivity index (χ3n) is 5.11. The zero-order valence-corrected chi connectivity index (χ0v) is 17.9. The normalized spacial score (nSPS) is 18.5. The summed E-state index contributed by atoms with van der Waals surface area (Å²) in [6.07, 6.45) is 3.64. The lowest BCUT2D eigenvalue weighted by molar-refractivity contribution is 0.0679. The van der Waals surface area contributed by atoms with E-state index in [-0.39, 0.29) is 16.9 Å². The molecule has 2 heterocycles. The summed E-state index contributed by atoms with van der Waals surface area (Å²) in [6.45, 7) is 1.90. The second-order valence-electron chi connectivity index (χ2n) is 7.49. The molecule has 0 aromatic heterocycles. The van der Waals surface area contributed by atoms with Crippen LogP contribution in [-0.4, -0.2) is 46.0 Å². The third kappa shape index (κ3) is 5.62. The molecule has 8 nitrogen and oxygen atoms in total. The maximum Gasteiger partial charge on any atom is 0.262 e. The molecule has 2 N–H and O–H groups in total. The van der Waals surface area contributed by atoms with E-state index in [0.717, 1.165) is 25.9 Å². The van der Waals surface area contributed by atoms with Crippen LogP contribution in [0.5, 0.6) is 5.75 Å². The molecule has 1 amide bonds. The van der Waals surface area contributed by atoms with E-state index in [1.165, 1.54) is 12.1 Å². The number of sulfonamides is 1. The Labute approximate surface area is 181 Å². The van der Waals surface area contributed by atoms with Crippen LogP contribution < -0.4 is 14.8 Å². The zero-order chi connectivity index (χ0) is 21.7. The molecule has 0 bridgehead atoms. The smallest absolute Gasteiger partial charge is 0.262 e. The number of amides is 1. The van der Waals surface area contributed by atoms with Crippen LogP contribution in [0, 0.1) is 0 Å². The number of carbonyl (C=O) groups is 1. The van der Waals surface area contributed by atoms with Crippen LogP contribution in [0.15, 0.2) is 58.4 Å². The Hall–Kier alpha value is -2.91. The van der Waals surface area contributed by atoms with Gasteiger partial charge >= 0.3 is 0 Å². The molecule has 4 rings (SSSR count). The average Bonchev–Trinajstić information content (AvgIpc) is 3.47. The minimum absolute atomic E-state index is 0.0674. The van der Waals surface area contributed by atoms with Gasteiger partial charge in [-0.1, -0.05) is 6.07 Å². The number of benzene rings is 2. The van der Waals surface area contributed by atoms with Gasteiger partial charge in [-0.15, -0.1) is 0 Å². The molecule has 0 unspecified atom stereocenters. The van der Waals surface area contributed by atoms with Crippen LogP contribution in [0.3, 0.4) is 0 Å². The van der Waals surface area contributed by atoms with Gasteiger partial charge in [0.15, 0.2) is 0 Å². The van der Waals surface area contributed by atoms with Gasteiger partial charge in [0.2, 0.25) is 0 Å². The fourth-order valence-electron chi connectivity index (χ4n) is 3.45. The van der Waals surface area contributed by atoms with Gasteiger partial charge < -0.3 is 14.8 Å². The van der Waals surface area contributed by atoms with Gasteiger partial charge in [0, 0.05) is 30.8 Å². The summed E-state index contributed by atoms with van der Waals surface area (Å²) in [5.74, 6) is 0.797. The van der Waals surface area contributed by atoms with Gasteiger partial charge in [0.25, 0.3) is 15.9 Å². The third-order valence-corrected chi connectivity index (χ3v) is 6.48. The molecule has 1 fully saturated rings. The Morgan fingerprint density at radius 2 is 2.00 bits per heavy atom. The SMILES string of the molecule is O=C(Nc1cccc(S(=O)(=O)NC2=NCCC2)c1)c1ccc(OC[C@H]2CCCO2)cc1. The van der Waals surface area contributed by atoms with E-state index in [2.05, 4.69) is 15.0 Å². The molecule has 0 spiro atoms. The van der Waals surface area contributed by atoms with E-state index < -0.39 is 10.0 Å². The molecule has 2 aromatic carbocycles. The van der Waals surface area contributed by atoms with E-state index in [0.29, 0.717) is 42.4 Å². The monoisotopic (exact) mass is 443 g/mol. The molecular weight excluding hydrogens is 418 g/mol. The molecule has 164 valence electrons. The topological polar surface area (TPSA) is 106 Å². The predicted octanol–water partition coefficient (Wildman–Crippen LogP) is 2.97. The van der Waals surface area contributed by atoms with E-state index in [9.17, 15) is 13.2 Å². The van der Waals surface area contributed by atoms with Crippen LogP contribution in [0.1, 0.15) is 36.0 Å². The van der Waals surface area contributed by atoms with Gasteiger partial charge in [0.1, 0.15) is 18.2 Å². The summed E-state index contributed by atoms with van der Waals surface area (Å²) in [4.78, 5) is 16.8. The van der Waals surface area contributed by atoms with E-state index in [1.54, 1.807) is 36.4 Å². The Morgan fingerprint density at radius 3 is 2.71 bits per heavy atom. The van der Waals surface area contributed by atoms with Crippen LogP contribution >= 0.6 is 0 Å². The highest BCUT2D eigenvalue weighted by Crippen LogP contribution is 2.19. The van der Waals surface area contributed by atoms with Crippen molar-refractivity contribution >= 4 is 27.5 Å². The summed E-state index contributed by atoms with van der Waals surface area (Å²) in [6, 6.07) is 12.9. The van der Waals surface area contributed by atoms with Crippen molar-refractivity contribution in [2.75, 3.05) is 25.1 Å². The first-order valence-corrected chi connectivity index (χ1v) is 11.8. The van der Waals surface area contributed by atoms with Crippen LogP contribution in [-0.2, 0) is 14.8 Å². The number of hydrogen-bond donors (Lipinski definition) is 2. The maximum atomic E-state index is 12.6. The molecule has 31 heavy (non-hydrogen) atoms. The summed E-state index contributed by atoms with van der Waals surface area (Å²) < 4.78 is 38.9. The van der Waals surface area contributed by atoms with Gasteiger partial charge in [-0.3, -0.25) is 14.5 Å². The zero-order valence-electron chi connectivity index (χ0n) is 17.0. The highest BCUT2D eigenvalue weighted by molar-refractivity contribution is 7.90. The Morgan fingerprint density at radius 1 is 1.16 bits per heavy atom. The average molecular weight is 444 g/mol. The number of amidine groups is 1. The number of ether oxygens (including phenoxy) is 2. The molecule has 9 heteroatoms. The maximum absolute atomic E-state index is 12.6. The summed E-state index contributed by atoms with van der Waals surface area (Å²) >= 11 is 0. The van der Waals surface area contributed by atoms with Crippen molar-refractivity contribution in [3.05, 3.63) is 54.1 Å². The van der Waals surface area contributed by atoms with Crippen LogP contribution in [0.2, 0.25) is 0 Å². The van der Waals surface area contributed by atoms with Crippen molar-refractivity contribution in [1.82, 2.24) is 4.72 Å². The lowest BCUT2D eigenvalue weighted by atomic mass is 10.2. The lowest BCUT2D eigenvalue weighted by Crippen LogP contribution is -2.29. The number of anilines is 1. The largest absolute Gasteiger partial charge is 0.491 e. The summed E-state index contributed by atoms with van der Waals surface area (Å²) in [7, 11) is -3.74. The van der Waals surface area contributed by atoms with Crippen molar-refractivity contribution in [2.24, 2.45) is 4.99 Å². The summed E-state index contributed by atoms with van der Waals surface area (Å²) in [5.41, 5.74) is 0.830. The Bertz CT molecular complexity index is 1060. The predicted molar refractivity (Wildman–Crippen MR) is 117 cm³/mol. The number of hydrogen-bond acceptors (Lipinski definition) is 6. The van der Waals surface area contributed by atoms with Crippen molar-refractivity contribution in [3.63, 3.8) is 0 Å². The molecule has 0 radical (unpaired) electrons. The van der Waals surface area contributed by atoms with Crippen molar-refractivity contribution < 1.29 is 22.7 Å². The lowest BCUT2D eigenvalue weighted by Gasteiger charge is -2.12. The first-order valence-electron chi connectivity index (χ1n) is 10.3. The number of carbonyl (C=O) groups excluding carboxylic acids is 1. The standard InChI is InChI=1S/C22H25N3O5S/c26-22(16-8-10-18(11-9-16)30-15-19-5-3-13-29-19)24-17-4-1-6-20(14-17)31(27,28)25-21-7-2-12-23-21/h1,4,6,8-11,14,19H,2-3,5,7,12-13,15H2,(H,23,25)(H,24,26)/t19-/m1/s1. The highest BCUT2D eigenvalue weighted by atomic mass is 32.2. The highest BCUT2D eigenvalue weighted by Gasteiger charge is 2.19. The van der Waals surface area contributed by atoms with Crippen molar-refractivity contribution in [1.29, 1.82) is 0 Å².